The molecule has 0 saturated carbocycles. The second kappa shape index (κ2) is 3.86. The van der Waals surface area contributed by atoms with Crippen molar-refractivity contribution in [1.82, 2.24) is 0 Å². The smallest absolute Gasteiger partial charge is 0.193 e. The van der Waals surface area contributed by atoms with Gasteiger partial charge in [0.25, 0.3) is 0 Å². The molecule has 1 heterocycles. The number of benzene rings is 1. The van der Waals surface area contributed by atoms with Crippen LogP contribution in [0.2, 0.25) is 0 Å². The summed E-state index contributed by atoms with van der Waals surface area (Å²) >= 11 is 0. The van der Waals surface area contributed by atoms with Gasteiger partial charge < -0.3 is 9.47 Å². The van der Waals surface area contributed by atoms with E-state index < -0.39 is 5.79 Å². The van der Waals surface area contributed by atoms with Crippen molar-refractivity contribution in [2.24, 2.45) is 0 Å². The minimum atomic E-state index is -0.587. The molecule has 1 aromatic carbocycles. The Hall–Kier alpha value is -0.860. The summed E-state index contributed by atoms with van der Waals surface area (Å²) in [6.45, 7) is 10.3. The predicted octanol–water partition coefficient (Wildman–Crippen LogP) is 3.30. The highest BCUT2D eigenvalue weighted by Crippen LogP contribution is 2.38. The van der Waals surface area contributed by atoms with Gasteiger partial charge in [-0.1, -0.05) is 23.8 Å². The molecule has 1 fully saturated rings. The van der Waals surface area contributed by atoms with Gasteiger partial charge in [0.1, 0.15) is 0 Å². The average Bonchev–Trinajstić information content (AvgIpc) is 2.41. The molecule has 1 aliphatic rings. The molecule has 1 aromatic rings. The van der Waals surface area contributed by atoms with E-state index in [1.807, 2.05) is 6.92 Å². The van der Waals surface area contributed by atoms with E-state index in [0.717, 1.165) is 5.56 Å². The number of rotatable bonds is 1. The fourth-order valence-electron chi connectivity index (χ4n) is 2.38. The second-order valence-electron chi connectivity index (χ2n) is 4.91. The highest BCUT2D eigenvalue weighted by molar-refractivity contribution is 5.33. The quantitative estimate of drug-likeness (QED) is 0.723. The molecule has 16 heavy (non-hydrogen) atoms. The van der Waals surface area contributed by atoms with Gasteiger partial charge in [-0.05, 0) is 40.2 Å². The standard InChI is InChI=1S/C14H20O2/c1-9-6-7-13(10(2)8-9)14(5)15-11(3)12(4)16-14/h6-8,11-12H,1-5H3. The number of ether oxygens (including phenoxy) is 2. The molecule has 2 atom stereocenters. The zero-order valence-corrected chi connectivity index (χ0v) is 10.7. The van der Waals surface area contributed by atoms with Gasteiger partial charge in [0.2, 0.25) is 0 Å². The van der Waals surface area contributed by atoms with E-state index in [1.54, 1.807) is 0 Å². The van der Waals surface area contributed by atoms with Crippen LogP contribution in [0.25, 0.3) is 0 Å². The van der Waals surface area contributed by atoms with Crippen LogP contribution in [0.4, 0.5) is 0 Å². The fraction of sp³-hybridized carbons (Fsp3) is 0.571. The molecular weight excluding hydrogens is 200 g/mol. The lowest BCUT2D eigenvalue weighted by Crippen LogP contribution is -2.24. The maximum absolute atomic E-state index is 5.95. The van der Waals surface area contributed by atoms with Gasteiger partial charge in [-0.2, -0.15) is 0 Å². The molecule has 0 N–H and O–H groups in total. The molecule has 0 aromatic heterocycles. The Morgan fingerprint density at radius 1 is 1.06 bits per heavy atom. The third-order valence-corrected chi connectivity index (χ3v) is 3.35. The summed E-state index contributed by atoms with van der Waals surface area (Å²) in [6.07, 6.45) is 0.288. The van der Waals surface area contributed by atoms with Crippen molar-refractivity contribution in [3.63, 3.8) is 0 Å². The lowest BCUT2D eigenvalue weighted by atomic mass is 9.99. The van der Waals surface area contributed by atoms with E-state index in [2.05, 4.69) is 45.9 Å². The topological polar surface area (TPSA) is 18.5 Å². The van der Waals surface area contributed by atoms with Gasteiger partial charge in [0.15, 0.2) is 5.79 Å². The first-order chi connectivity index (χ1) is 7.42. The summed E-state index contributed by atoms with van der Waals surface area (Å²) in [5.41, 5.74) is 3.63. The lowest BCUT2D eigenvalue weighted by Gasteiger charge is -2.25. The maximum Gasteiger partial charge on any atom is 0.193 e. The molecule has 2 nitrogen and oxygen atoms in total. The molecule has 0 aliphatic carbocycles. The fourth-order valence-corrected chi connectivity index (χ4v) is 2.38. The highest BCUT2D eigenvalue weighted by Gasteiger charge is 2.42. The third-order valence-electron chi connectivity index (χ3n) is 3.35. The Balaban J connectivity index is 2.37. The van der Waals surface area contributed by atoms with E-state index in [9.17, 15) is 0 Å². The summed E-state index contributed by atoms with van der Waals surface area (Å²) in [5, 5.41) is 0. The van der Waals surface area contributed by atoms with Gasteiger partial charge >= 0.3 is 0 Å². The van der Waals surface area contributed by atoms with Crippen molar-refractivity contribution < 1.29 is 9.47 Å². The molecule has 1 saturated heterocycles. The van der Waals surface area contributed by atoms with Crippen LogP contribution >= 0.6 is 0 Å². The molecule has 0 amide bonds. The van der Waals surface area contributed by atoms with E-state index in [1.165, 1.54) is 11.1 Å². The largest absolute Gasteiger partial charge is 0.340 e. The Morgan fingerprint density at radius 3 is 2.12 bits per heavy atom. The monoisotopic (exact) mass is 220 g/mol. The molecule has 2 rings (SSSR count). The minimum Gasteiger partial charge on any atom is -0.340 e. The van der Waals surface area contributed by atoms with Crippen molar-refractivity contribution in [2.45, 2.75) is 52.6 Å². The van der Waals surface area contributed by atoms with Crippen LogP contribution in [0.1, 0.15) is 37.5 Å². The van der Waals surface area contributed by atoms with E-state index in [4.69, 9.17) is 9.47 Å². The molecule has 1 aliphatic heterocycles. The molecule has 88 valence electrons. The van der Waals surface area contributed by atoms with E-state index >= 15 is 0 Å². The first-order valence-corrected chi connectivity index (χ1v) is 5.86. The minimum absolute atomic E-state index is 0.144. The Kier molecular flexibility index (Phi) is 2.81. The second-order valence-corrected chi connectivity index (χ2v) is 4.91. The molecule has 2 unspecified atom stereocenters. The van der Waals surface area contributed by atoms with Gasteiger partial charge in [0.05, 0.1) is 12.2 Å². The normalized spacial score (nSPS) is 34.3. The van der Waals surface area contributed by atoms with Gasteiger partial charge in [-0.25, -0.2) is 0 Å². The Labute approximate surface area is 97.6 Å². The lowest BCUT2D eigenvalue weighted by molar-refractivity contribution is -0.167. The maximum atomic E-state index is 5.95. The van der Waals surface area contributed by atoms with Crippen LogP contribution < -0.4 is 0 Å². The van der Waals surface area contributed by atoms with Gasteiger partial charge in [-0.15, -0.1) is 0 Å². The first kappa shape index (κ1) is 11.6. The average molecular weight is 220 g/mol. The molecule has 0 radical (unpaired) electrons. The third kappa shape index (κ3) is 1.87. The molecular formula is C14H20O2. The number of hydrogen-bond donors (Lipinski definition) is 0. The summed E-state index contributed by atoms with van der Waals surface area (Å²) in [5.74, 6) is -0.587. The van der Waals surface area contributed by atoms with Gasteiger partial charge in [-0.3, -0.25) is 0 Å². The zero-order chi connectivity index (χ0) is 11.9. The number of hydrogen-bond acceptors (Lipinski definition) is 2. The summed E-state index contributed by atoms with van der Waals surface area (Å²) in [6, 6.07) is 6.38. The van der Waals surface area contributed by atoms with Crippen LogP contribution in [-0.4, -0.2) is 12.2 Å². The zero-order valence-electron chi connectivity index (χ0n) is 10.7. The van der Waals surface area contributed by atoms with Crippen LogP contribution in [0, 0.1) is 13.8 Å². The number of aryl methyl sites for hydroxylation is 2. The predicted molar refractivity (Wildman–Crippen MR) is 64.4 cm³/mol. The van der Waals surface area contributed by atoms with E-state index in [-0.39, 0.29) is 12.2 Å². The molecule has 0 spiro atoms. The Bertz CT molecular complexity index is 388. The van der Waals surface area contributed by atoms with Crippen molar-refractivity contribution in [3.8, 4) is 0 Å². The van der Waals surface area contributed by atoms with Crippen molar-refractivity contribution in [2.75, 3.05) is 0 Å². The van der Waals surface area contributed by atoms with Crippen LogP contribution in [0.3, 0.4) is 0 Å². The van der Waals surface area contributed by atoms with Crippen molar-refractivity contribution in [3.05, 3.63) is 34.9 Å². The first-order valence-electron chi connectivity index (χ1n) is 5.86. The van der Waals surface area contributed by atoms with Crippen molar-refractivity contribution >= 4 is 0 Å². The molecule has 2 heteroatoms. The summed E-state index contributed by atoms with van der Waals surface area (Å²) < 4.78 is 11.9. The van der Waals surface area contributed by atoms with Crippen molar-refractivity contribution in [1.29, 1.82) is 0 Å². The highest BCUT2D eigenvalue weighted by atomic mass is 16.8. The summed E-state index contributed by atoms with van der Waals surface area (Å²) in [7, 11) is 0. The van der Waals surface area contributed by atoms with Crippen LogP contribution in [-0.2, 0) is 15.3 Å². The van der Waals surface area contributed by atoms with Gasteiger partial charge in [0, 0.05) is 5.56 Å². The SMILES string of the molecule is Cc1ccc(C2(C)OC(C)C(C)O2)c(C)c1. The summed E-state index contributed by atoms with van der Waals surface area (Å²) in [4.78, 5) is 0. The van der Waals surface area contributed by atoms with Crippen LogP contribution in [0.15, 0.2) is 18.2 Å². The molecule has 0 bridgehead atoms. The Morgan fingerprint density at radius 2 is 1.62 bits per heavy atom. The van der Waals surface area contributed by atoms with Crippen LogP contribution in [0.5, 0.6) is 0 Å². The van der Waals surface area contributed by atoms with E-state index in [0.29, 0.717) is 0 Å².